The highest BCUT2D eigenvalue weighted by atomic mass is 16.5. The molecule has 1 heterocycles. The Morgan fingerprint density at radius 2 is 1.67 bits per heavy atom. The molecule has 124 valence electrons. The maximum Gasteiger partial charge on any atom is 0.331 e. The van der Waals surface area contributed by atoms with Gasteiger partial charge < -0.3 is 4.74 Å². The van der Waals surface area contributed by atoms with E-state index >= 15 is 0 Å². The van der Waals surface area contributed by atoms with Gasteiger partial charge in [-0.25, -0.2) is 4.79 Å². The average Bonchev–Trinajstić information content (AvgIpc) is 2.62. The Balaban J connectivity index is 1.99. The van der Waals surface area contributed by atoms with E-state index in [0.29, 0.717) is 30.4 Å². The molecule has 0 N–H and O–H groups in total. The van der Waals surface area contributed by atoms with Crippen LogP contribution in [0.25, 0.3) is 10.9 Å². The molecule has 0 atom stereocenters. The van der Waals surface area contributed by atoms with Gasteiger partial charge in [0.1, 0.15) is 5.75 Å². The predicted molar refractivity (Wildman–Crippen MR) is 94.8 cm³/mol. The van der Waals surface area contributed by atoms with E-state index < -0.39 is 0 Å². The van der Waals surface area contributed by atoms with Gasteiger partial charge in [0.25, 0.3) is 5.56 Å². The Labute approximate surface area is 139 Å². The molecule has 3 aromatic rings. The topological polar surface area (TPSA) is 53.2 Å². The van der Waals surface area contributed by atoms with Gasteiger partial charge in [-0.2, -0.15) is 0 Å². The molecule has 1 aromatic heterocycles. The van der Waals surface area contributed by atoms with E-state index in [-0.39, 0.29) is 11.2 Å². The van der Waals surface area contributed by atoms with Crippen molar-refractivity contribution in [1.29, 1.82) is 0 Å². The number of hydrogen-bond donors (Lipinski definition) is 0. The first-order valence-corrected chi connectivity index (χ1v) is 8.01. The lowest BCUT2D eigenvalue weighted by molar-refractivity contribution is 0.414. The fourth-order valence-corrected chi connectivity index (χ4v) is 2.91. The lowest BCUT2D eigenvalue weighted by atomic mass is 10.1. The van der Waals surface area contributed by atoms with Crippen molar-refractivity contribution in [2.75, 3.05) is 7.11 Å². The second-order valence-electron chi connectivity index (χ2n) is 5.60. The van der Waals surface area contributed by atoms with Gasteiger partial charge >= 0.3 is 5.69 Å². The Kier molecular flexibility index (Phi) is 4.51. The van der Waals surface area contributed by atoms with Crippen molar-refractivity contribution in [1.82, 2.24) is 9.13 Å². The molecule has 0 spiro atoms. The van der Waals surface area contributed by atoms with E-state index in [9.17, 15) is 9.59 Å². The van der Waals surface area contributed by atoms with Crippen molar-refractivity contribution >= 4 is 10.9 Å². The molecule has 5 heteroatoms. The number of benzene rings is 2. The summed E-state index contributed by atoms with van der Waals surface area (Å²) in [5.41, 5.74) is 1.26. The number of methoxy groups -OCH3 is 1. The summed E-state index contributed by atoms with van der Waals surface area (Å²) in [6.45, 7) is 2.79. The largest absolute Gasteiger partial charge is 0.497 e. The Hall–Kier alpha value is -2.82. The monoisotopic (exact) mass is 324 g/mol. The van der Waals surface area contributed by atoms with Crippen LogP contribution in [0.15, 0.2) is 58.1 Å². The zero-order valence-electron chi connectivity index (χ0n) is 13.9. The zero-order valence-corrected chi connectivity index (χ0v) is 13.9. The van der Waals surface area contributed by atoms with Crippen LogP contribution in [0.3, 0.4) is 0 Å². The van der Waals surface area contributed by atoms with Crippen LogP contribution >= 0.6 is 0 Å². The number of fused-ring (bicyclic) bond motifs is 1. The summed E-state index contributed by atoms with van der Waals surface area (Å²) in [6, 6.07) is 14.9. The van der Waals surface area contributed by atoms with Crippen molar-refractivity contribution in [2.24, 2.45) is 0 Å². The van der Waals surface area contributed by atoms with Crippen LogP contribution in [0.4, 0.5) is 0 Å². The van der Waals surface area contributed by atoms with Gasteiger partial charge in [0, 0.05) is 13.1 Å². The predicted octanol–water partition coefficient (Wildman–Crippen LogP) is 2.43. The fraction of sp³-hybridized carbons (Fsp3) is 0.263. The first-order chi connectivity index (χ1) is 11.7. The summed E-state index contributed by atoms with van der Waals surface area (Å²) in [4.78, 5) is 25.3. The molecular weight excluding hydrogens is 304 g/mol. The van der Waals surface area contributed by atoms with Crippen molar-refractivity contribution < 1.29 is 4.74 Å². The summed E-state index contributed by atoms with van der Waals surface area (Å²) in [5.74, 6) is 0.787. The Bertz CT molecular complexity index is 969. The average molecular weight is 324 g/mol. The molecule has 0 saturated heterocycles. The van der Waals surface area contributed by atoms with Crippen LogP contribution < -0.4 is 16.0 Å². The molecule has 0 amide bonds. The summed E-state index contributed by atoms with van der Waals surface area (Å²) in [6.07, 6.45) is 0.612. The molecule has 0 aliphatic carbocycles. The van der Waals surface area contributed by atoms with Crippen LogP contribution in [0.1, 0.15) is 12.5 Å². The first-order valence-electron chi connectivity index (χ1n) is 8.01. The SMILES string of the molecule is CCn1c(=O)n(CCc2ccc(OC)cc2)c(=O)c2ccccc21. The summed E-state index contributed by atoms with van der Waals surface area (Å²) in [5, 5.41) is 0.577. The highest BCUT2D eigenvalue weighted by molar-refractivity contribution is 5.77. The van der Waals surface area contributed by atoms with Gasteiger partial charge in [0.2, 0.25) is 0 Å². The minimum absolute atomic E-state index is 0.228. The van der Waals surface area contributed by atoms with E-state index in [1.165, 1.54) is 4.57 Å². The number of para-hydroxylation sites is 1. The smallest absolute Gasteiger partial charge is 0.331 e. The molecule has 0 bridgehead atoms. The van der Waals surface area contributed by atoms with E-state index in [2.05, 4.69) is 0 Å². The lowest BCUT2D eigenvalue weighted by Crippen LogP contribution is -2.40. The summed E-state index contributed by atoms with van der Waals surface area (Å²) in [7, 11) is 1.62. The molecule has 0 aliphatic rings. The molecular formula is C19H20N2O3. The third-order valence-corrected chi connectivity index (χ3v) is 4.23. The van der Waals surface area contributed by atoms with Crippen molar-refractivity contribution in [2.45, 2.75) is 26.4 Å². The molecule has 0 saturated carbocycles. The second-order valence-corrected chi connectivity index (χ2v) is 5.60. The number of nitrogens with zero attached hydrogens (tertiary/aromatic N) is 2. The van der Waals surface area contributed by atoms with Crippen LogP contribution in [0, 0.1) is 0 Å². The Morgan fingerprint density at radius 1 is 0.958 bits per heavy atom. The third-order valence-electron chi connectivity index (χ3n) is 4.23. The Morgan fingerprint density at radius 3 is 2.33 bits per heavy atom. The quantitative estimate of drug-likeness (QED) is 0.724. The fourth-order valence-electron chi connectivity index (χ4n) is 2.91. The van der Waals surface area contributed by atoms with Gasteiger partial charge in [0.15, 0.2) is 0 Å². The number of ether oxygens (including phenoxy) is 1. The highest BCUT2D eigenvalue weighted by Gasteiger charge is 2.11. The number of aromatic nitrogens is 2. The molecule has 0 radical (unpaired) electrons. The first kappa shape index (κ1) is 16.1. The molecule has 24 heavy (non-hydrogen) atoms. The number of aryl methyl sites for hydroxylation is 2. The second kappa shape index (κ2) is 6.74. The van der Waals surface area contributed by atoms with Crippen molar-refractivity contribution in [3.63, 3.8) is 0 Å². The van der Waals surface area contributed by atoms with Crippen LogP contribution in [0.2, 0.25) is 0 Å². The zero-order chi connectivity index (χ0) is 17.1. The maximum absolute atomic E-state index is 12.7. The van der Waals surface area contributed by atoms with Gasteiger partial charge in [-0.15, -0.1) is 0 Å². The summed E-state index contributed by atoms with van der Waals surface area (Å²) < 4.78 is 8.11. The minimum atomic E-state index is -0.255. The molecule has 5 nitrogen and oxygen atoms in total. The van der Waals surface area contributed by atoms with E-state index in [4.69, 9.17) is 4.74 Å². The summed E-state index contributed by atoms with van der Waals surface area (Å²) >= 11 is 0. The maximum atomic E-state index is 12.7. The van der Waals surface area contributed by atoms with Crippen LogP contribution in [0.5, 0.6) is 5.75 Å². The molecule has 0 aliphatic heterocycles. The van der Waals surface area contributed by atoms with E-state index in [1.807, 2.05) is 49.4 Å². The van der Waals surface area contributed by atoms with Gasteiger partial charge in [-0.05, 0) is 43.2 Å². The molecule has 0 fully saturated rings. The molecule has 2 aromatic carbocycles. The van der Waals surface area contributed by atoms with E-state index in [1.54, 1.807) is 17.7 Å². The standard InChI is InChI=1S/C19H20N2O3/c1-3-20-17-7-5-4-6-16(17)18(22)21(19(20)23)13-12-14-8-10-15(24-2)11-9-14/h4-11H,3,12-13H2,1-2H3. The van der Waals surface area contributed by atoms with Gasteiger partial charge in [-0.1, -0.05) is 24.3 Å². The third kappa shape index (κ3) is 2.85. The van der Waals surface area contributed by atoms with Crippen molar-refractivity contribution in [3.05, 3.63) is 74.9 Å². The lowest BCUT2D eigenvalue weighted by Gasteiger charge is -2.12. The van der Waals surface area contributed by atoms with Crippen molar-refractivity contribution in [3.8, 4) is 5.75 Å². The number of hydrogen-bond acceptors (Lipinski definition) is 3. The van der Waals surface area contributed by atoms with Gasteiger partial charge in [-0.3, -0.25) is 13.9 Å². The minimum Gasteiger partial charge on any atom is -0.497 e. The highest BCUT2D eigenvalue weighted by Crippen LogP contribution is 2.12. The van der Waals surface area contributed by atoms with Crippen LogP contribution in [-0.4, -0.2) is 16.2 Å². The molecule has 0 unspecified atom stereocenters. The van der Waals surface area contributed by atoms with Gasteiger partial charge in [0.05, 0.1) is 18.0 Å². The van der Waals surface area contributed by atoms with Crippen LogP contribution in [-0.2, 0) is 19.5 Å². The number of rotatable bonds is 5. The molecule has 3 rings (SSSR count). The normalized spacial score (nSPS) is 10.9. The van der Waals surface area contributed by atoms with E-state index in [0.717, 1.165) is 11.3 Å².